The summed E-state index contributed by atoms with van der Waals surface area (Å²) in [6.07, 6.45) is 9.04. The van der Waals surface area contributed by atoms with Crippen LogP contribution in [-0.4, -0.2) is 21.8 Å². The van der Waals surface area contributed by atoms with Crippen molar-refractivity contribution in [2.75, 3.05) is 0 Å². The minimum Gasteiger partial charge on any atom is -0.481 e. The molecule has 0 saturated carbocycles. The maximum Gasteiger partial charge on any atom is 0.306 e. The maximum atomic E-state index is 10.7. The lowest BCUT2D eigenvalue weighted by atomic mass is 9.88. The molecule has 0 aliphatic rings. The van der Waals surface area contributed by atoms with Gasteiger partial charge in [0, 0.05) is 0 Å². The summed E-state index contributed by atoms with van der Waals surface area (Å²) < 4.78 is 0. The largest absolute Gasteiger partial charge is 0.481 e. The minimum absolute atomic E-state index is 0.306. The summed E-state index contributed by atoms with van der Waals surface area (Å²) >= 11 is 0. The molecule has 2 N–H and O–H groups in total. The fraction of sp³-hybridized carbons (Fsp3) is 0.941. The van der Waals surface area contributed by atoms with E-state index < -0.39 is 11.6 Å². The topological polar surface area (TPSA) is 57.5 Å². The predicted octanol–water partition coefficient (Wildman–Crippen LogP) is 4.63. The quantitative estimate of drug-likeness (QED) is 0.550. The van der Waals surface area contributed by atoms with Crippen LogP contribution in [0.25, 0.3) is 0 Å². The third kappa shape index (κ3) is 10.2. The van der Waals surface area contributed by atoms with Gasteiger partial charge in [-0.2, -0.15) is 0 Å². The van der Waals surface area contributed by atoms with E-state index in [0.29, 0.717) is 12.8 Å². The Morgan fingerprint density at radius 1 is 1.05 bits per heavy atom. The van der Waals surface area contributed by atoms with Gasteiger partial charge >= 0.3 is 5.97 Å². The zero-order valence-electron chi connectivity index (χ0n) is 13.8. The summed E-state index contributed by atoms with van der Waals surface area (Å²) in [6, 6.07) is 0. The lowest BCUT2D eigenvalue weighted by molar-refractivity contribution is -0.141. The second-order valence-corrected chi connectivity index (χ2v) is 6.77. The highest BCUT2D eigenvalue weighted by Gasteiger charge is 2.21. The summed E-state index contributed by atoms with van der Waals surface area (Å²) in [5.41, 5.74) is -0.636. The zero-order valence-corrected chi connectivity index (χ0v) is 13.8. The van der Waals surface area contributed by atoms with Crippen LogP contribution in [0.2, 0.25) is 0 Å². The van der Waals surface area contributed by atoms with Crippen LogP contribution in [0.5, 0.6) is 0 Å². The van der Waals surface area contributed by atoms with E-state index in [2.05, 4.69) is 13.8 Å². The first-order valence-electron chi connectivity index (χ1n) is 8.23. The minimum atomic E-state index is -0.741. The van der Waals surface area contributed by atoms with Crippen LogP contribution in [0, 0.1) is 11.8 Å². The van der Waals surface area contributed by atoms with E-state index in [4.69, 9.17) is 5.11 Å². The van der Waals surface area contributed by atoms with Crippen molar-refractivity contribution in [3.05, 3.63) is 0 Å². The molecule has 0 aromatic rings. The van der Waals surface area contributed by atoms with Gasteiger partial charge in [-0.05, 0) is 38.5 Å². The number of hydrogen-bond donors (Lipinski definition) is 2. The Balaban J connectivity index is 3.76. The first kappa shape index (κ1) is 19.4. The summed E-state index contributed by atoms with van der Waals surface area (Å²) in [4.78, 5) is 10.7. The zero-order chi connectivity index (χ0) is 15.6. The Hall–Kier alpha value is -0.570. The van der Waals surface area contributed by atoms with E-state index in [9.17, 15) is 9.90 Å². The number of unbranched alkanes of at least 4 members (excludes halogenated alkanes) is 1. The molecule has 0 aromatic carbocycles. The van der Waals surface area contributed by atoms with E-state index >= 15 is 0 Å². The number of rotatable bonds is 12. The molecule has 0 radical (unpaired) electrons. The Morgan fingerprint density at radius 3 is 2.05 bits per heavy atom. The van der Waals surface area contributed by atoms with E-state index in [1.807, 2.05) is 6.92 Å². The van der Waals surface area contributed by atoms with Crippen LogP contribution in [0.15, 0.2) is 0 Å². The van der Waals surface area contributed by atoms with Crippen molar-refractivity contribution in [2.24, 2.45) is 11.8 Å². The molecule has 20 heavy (non-hydrogen) atoms. The second kappa shape index (κ2) is 10.2. The van der Waals surface area contributed by atoms with Gasteiger partial charge in [-0.15, -0.1) is 0 Å². The first-order chi connectivity index (χ1) is 9.28. The van der Waals surface area contributed by atoms with Gasteiger partial charge in [-0.3, -0.25) is 4.79 Å². The number of aliphatic hydroxyl groups is 1. The molecule has 0 amide bonds. The van der Waals surface area contributed by atoms with Gasteiger partial charge in [-0.1, -0.05) is 52.9 Å². The summed E-state index contributed by atoms with van der Waals surface area (Å²) in [6.45, 7) is 8.12. The lowest BCUT2D eigenvalue weighted by Gasteiger charge is -2.24. The van der Waals surface area contributed by atoms with Crippen molar-refractivity contribution < 1.29 is 15.0 Å². The summed E-state index contributed by atoms with van der Waals surface area (Å²) in [7, 11) is 0. The molecule has 0 rings (SSSR count). The Labute approximate surface area is 124 Å². The number of carbonyl (C=O) groups is 1. The fourth-order valence-corrected chi connectivity index (χ4v) is 2.57. The number of carboxylic acids is 1. The Kier molecular flexibility index (Phi) is 9.91. The van der Waals surface area contributed by atoms with Crippen molar-refractivity contribution in [3.63, 3.8) is 0 Å². The number of carboxylic acid groups (broad SMARTS) is 1. The second-order valence-electron chi connectivity index (χ2n) is 6.77. The van der Waals surface area contributed by atoms with E-state index in [1.165, 1.54) is 25.7 Å². The molecule has 3 heteroatoms. The first-order valence-corrected chi connectivity index (χ1v) is 8.23. The van der Waals surface area contributed by atoms with Gasteiger partial charge in [0.25, 0.3) is 0 Å². The molecule has 120 valence electrons. The third-order valence-corrected chi connectivity index (χ3v) is 4.24. The number of aliphatic carboxylic acids is 1. The smallest absolute Gasteiger partial charge is 0.306 e. The van der Waals surface area contributed by atoms with E-state index in [-0.39, 0.29) is 5.92 Å². The van der Waals surface area contributed by atoms with E-state index in [1.54, 1.807) is 6.92 Å². The highest BCUT2D eigenvalue weighted by Crippen LogP contribution is 2.24. The van der Waals surface area contributed by atoms with Gasteiger partial charge in [-0.25, -0.2) is 0 Å². The van der Waals surface area contributed by atoms with Crippen molar-refractivity contribution >= 4 is 5.97 Å². The summed E-state index contributed by atoms with van der Waals surface area (Å²) in [5, 5.41) is 19.1. The molecular formula is C17H34O3. The molecule has 3 atom stereocenters. The Bertz CT molecular complexity index is 261. The van der Waals surface area contributed by atoms with Gasteiger partial charge in [0.2, 0.25) is 0 Å². The van der Waals surface area contributed by atoms with E-state index in [0.717, 1.165) is 25.2 Å². The molecule has 0 aliphatic heterocycles. The van der Waals surface area contributed by atoms with Gasteiger partial charge in [0.15, 0.2) is 0 Å². The van der Waals surface area contributed by atoms with Gasteiger partial charge in [0.1, 0.15) is 0 Å². The average molecular weight is 286 g/mol. The molecule has 0 bridgehead atoms. The monoisotopic (exact) mass is 286 g/mol. The molecule has 0 spiro atoms. The molecule has 0 saturated heterocycles. The van der Waals surface area contributed by atoms with Crippen LogP contribution >= 0.6 is 0 Å². The van der Waals surface area contributed by atoms with Crippen LogP contribution < -0.4 is 0 Å². The SMILES string of the molecule is CCCCC(C)CCCC(C)(O)CCCC(C)C(=O)O. The van der Waals surface area contributed by atoms with Crippen molar-refractivity contribution in [1.82, 2.24) is 0 Å². The highest BCUT2D eigenvalue weighted by atomic mass is 16.4. The van der Waals surface area contributed by atoms with Crippen molar-refractivity contribution in [1.29, 1.82) is 0 Å². The average Bonchev–Trinajstić information content (AvgIpc) is 2.35. The van der Waals surface area contributed by atoms with Crippen molar-refractivity contribution in [2.45, 2.75) is 91.1 Å². The van der Waals surface area contributed by atoms with Crippen molar-refractivity contribution in [3.8, 4) is 0 Å². The van der Waals surface area contributed by atoms with Crippen LogP contribution in [0.4, 0.5) is 0 Å². The summed E-state index contributed by atoms with van der Waals surface area (Å²) in [5.74, 6) is -0.299. The molecule has 3 unspecified atom stereocenters. The fourth-order valence-electron chi connectivity index (χ4n) is 2.57. The molecule has 3 nitrogen and oxygen atoms in total. The van der Waals surface area contributed by atoms with Gasteiger partial charge in [0.05, 0.1) is 11.5 Å². The molecule has 0 aromatic heterocycles. The molecule has 0 aliphatic carbocycles. The normalized spacial score (nSPS) is 17.4. The third-order valence-electron chi connectivity index (χ3n) is 4.24. The predicted molar refractivity (Wildman–Crippen MR) is 83.8 cm³/mol. The standard InChI is InChI=1S/C17H34O3/c1-5-6-9-14(2)10-7-12-17(4,20)13-8-11-15(3)16(18)19/h14-15,20H,5-13H2,1-4H3,(H,18,19). The van der Waals surface area contributed by atoms with Crippen LogP contribution in [0.1, 0.15) is 85.5 Å². The highest BCUT2D eigenvalue weighted by molar-refractivity contribution is 5.69. The molecule has 0 heterocycles. The molecule has 0 fully saturated rings. The van der Waals surface area contributed by atoms with Crippen LogP contribution in [0.3, 0.4) is 0 Å². The Morgan fingerprint density at radius 2 is 1.55 bits per heavy atom. The lowest BCUT2D eigenvalue weighted by Crippen LogP contribution is -2.24. The number of hydrogen-bond acceptors (Lipinski definition) is 2. The molecular weight excluding hydrogens is 252 g/mol. The maximum absolute atomic E-state index is 10.7. The van der Waals surface area contributed by atoms with Crippen LogP contribution in [-0.2, 0) is 4.79 Å². The van der Waals surface area contributed by atoms with Gasteiger partial charge < -0.3 is 10.2 Å².